The summed E-state index contributed by atoms with van der Waals surface area (Å²) in [4.78, 5) is 0. The SMILES string of the molecule is OC1CC(CNCCCc2ccccc2)C1. The molecule has 1 aromatic rings. The summed E-state index contributed by atoms with van der Waals surface area (Å²) >= 11 is 0. The highest BCUT2D eigenvalue weighted by Gasteiger charge is 2.26. The first-order valence-electron chi connectivity index (χ1n) is 6.27. The standard InChI is InChI=1S/C14H21NO/c16-14-9-13(10-14)11-15-8-4-7-12-5-2-1-3-6-12/h1-3,5-6,13-16H,4,7-11H2. The van der Waals surface area contributed by atoms with Crippen LogP contribution in [0.25, 0.3) is 0 Å². The Balaban J connectivity index is 1.49. The van der Waals surface area contributed by atoms with Gasteiger partial charge in [-0.25, -0.2) is 0 Å². The Bertz CT molecular complexity index is 293. The van der Waals surface area contributed by atoms with Crippen LogP contribution in [0.2, 0.25) is 0 Å². The van der Waals surface area contributed by atoms with Gasteiger partial charge >= 0.3 is 0 Å². The molecule has 2 heteroatoms. The van der Waals surface area contributed by atoms with Crippen LogP contribution in [0.3, 0.4) is 0 Å². The molecule has 0 saturated heterocycles. The van der Waals surface area contributed by atoms with E-state index in [0.717, 1.165) is 32.4 Å². The predicted octanol–water partition coefficient (Wildman–Crippen LogP) is 1.98. The molecule has 0 amide bonds. The van der Waals surface area contributed by atoms with E-state index in [1.807, 2.05) is 0 Å². The van der Waals surface area contributed by atoms with Crippen molar-refractivity contribution in [2.45, 2.75) is 31.8 Å². The molecule has 0 aromatic heterocycles. The highest BCUT2D eigenvalue weighted by molar-refractivity contribution is 5.14. The van der Waals surface area contributed by atoms with Crippen molar-refractivity contribution in [1.82, 2.24) is 5.32 Å². The molecule has 0 aliphatic heterocycles. The maximum Gasteiger partial charge on any atom is 0.0546 e. The second kappa shape index (κ2) is 6.02. The van der Waals surface area contributed by atoms with Crippen LogP contribution in [0.5, 0.6) is 0 Å². The topological polar surface area (TPSA) is 32.3 Å². The van der Waals surface area contributed by atoms with Crippen LogP contribution in [0.4, 0.5) is 0 Å². The van der Waals surface area contributed by atoms with Crippen LogP contribution < -0.4 is 5.32 Å². The third-order valence-corrected chi connectivity index (χ3v) is 3.31. The number of aliphatic hydroxyl groups is 1. The van der Waals surface area contributed by atoms with Crippen molar-refractivity contribution in [3.63, 3.8) is 0 Å². The van der Waals surface area contributed by atoms with E-state index in [-0.39, 0.29) is 6.10 Å². The molecule has 2 N–H and O–H groups in total. The Morgan fingerprint density at radius 1 is 1.19 bits per heavy atom. The fourth-order valence-electron chi connectivity index (χ4n) is 2.24. The third kappa shape index (κ3) is 3.62. The zero-order valence-electron chi connectivity index (χ0n) is 9.73. The lowest BCUT2D eigenvalue weighted by molar-refractivity contribution is 0.0431. The lowest BCUT2D eigenvalue weighted by Gasteiger charge is -2.31. The summed E-state index contributed by atoms with van der Waals surface area (Å²) in [5.41, 5.74) is 1.42. The minimum absolute atomic E-state index is 0.0175. The van der Waals surface area contributed by atoms with Crippen LogP contribution in [-0.4, -0.2) is 24.3 Å². The maximum absolute atomic E-state index is 9.14. The molecule has 0 unspecified atom stereocenters. The number of nitrogens with one attached hydrogen (secondary N) is 1. The van der Waals surface area contributed by atoms with Crippen molar-refractivity contribution in [1.29, 1.82) is 0 Å². The molecular formula is C14H21NO. The number of aryl methyl sites for hydroxylation is 1. The van der Waals surface area contributed by atoms with E-state index in [1.165, 1.54) is 12.0 Å². The summed E-state index contributed by atoms with van der Waals surface area (Å²) in [5, 5.41) is 12.6. The highest BCUT2D eigenvalue weighted by Crippen LogP contribution is 2.25. The Hall–Kier alpha value is -0.860. The van der Waals surface area contributed by atoms with Gasteiger partial charge in [-0.15, -0.1) is 0 Å². The Labute approximate surface area is 97.7 Å². The second-order valence-corrected chi connectivity index (χ2v) is 4.78. The van der Waals surface area contributed by atoms with Crippen LogP contribution in [-0.2, 0) is 6.42 Å². The van der Waals surface area contributed by atoms with Crippen molar-refractivity contribution in [3.05, 3.63) is 35.9 Å². The summed E-state index contributed by atoms with van der Waals surface area (Å²) in [6.45, 7) is 2.16. The summed E-state index contributed by atoms with van der Waals surface area (Å²) in [7, 11) is 0. The van der Waals surface area contributed by atoms with Gasteiger partial charge in [0.2, 0.25) is 0 Å². The molecule has 88 valence electrons. The van der Waals surface area contributed by atoms with Gasteiger partial charge in [-0.1, -0.05) is 30.3 Å². The van der Waals surface area contributed by atoms with Crippen LogP contribution in [0.15, 0.2) is 30.3 Å². The Morgan fingerprint density at radius 3 is 2.62 bits per heavy atom. The first-order valence-corrected chi connectivity index (χ1v) is 6.27. The van der Waals surface area contributed by atoms with Gasteiger partial charge in [0.15, 0.2) is 0 Å². The molecule has 2 nitrogen and oxygen atoms in total. The smallest absolute Gasteiger partial charge is 0.0546 e. The fraction of sp³-hybridized carbons (Fsp3) is 0.571. The lowest BCUT2D eigenvalue weighted by atomic mass is 9.82. The largest absolute Gasteiger partial charge is 0.393 e. The summed E-state index contributed by atoms with van der Waals surface area (Å²) in [5.74, 6) is 0.715. The van der Waals surface area contributed by atoms with Crippen LogP contribution in [0, 0.1) is 5.92 Å². The first-order chi connectivity index (χ1) is 7.84. The molecule has 0 spiro atoms. The summed E-state index contributed by atoms with van der Waals surface area (Å²) in [6, 6.07) is 10.6. The predicted molar refractivity (Wildman–Crippen MR) is 66.4 cm³/mol. The van der Waals surface area contributed by atoms with E-state index < -0.39 is 0 Å². The van der Waals surface area contributed by atoms with Gasteiger partial charge in [-0.05, 0) is 50.3 Å². The normalized spacial score (nSPS) is 24.1. The molecule has 16 heavy (non-hydrogen) atoms. The number of hydrogen-bond acceptors (Lipinski definition) is 2. The highest BCUT2D eigenvalue weighted by atomic mass is 16.3. The van der Waals surface area contributed by atoms with Gasteiger partial charge in [0.1, 0.15) is 0 Å². The van der Waals surface area contributed by atoms with Crippen LogP contribution in [0.1, 0.15) is 24.8 Å². The molecule has 2 rings (SSSR count). The number of hydrogen-bond donors (Lipinski definition) is 2. The zero-order valence-corrected chi connectivity index (χ0v) is 9.73. The lowest BCUT2D eigenvalue weighted by Crippen LogP contribution is -2.36. The van der Waals surface area contributed by atoms with Crippen molar-refractivity contribution < 1.29 is 5.11 Å². The molecule has 1 fully saturated rings. The van der Waals surface area contributed by atoms with Crippen molar-refractivity contribution in [2.24, 2.45) is 5.92 Å². The summed E-state index contributed by atoms with van der Waals surface area (Å²) in [6.07, 6.45) is 4.31. The second-order valence-electron chi connectivity index (χ2n) is 4.78. The van der Waals surface area contributed by atoms with E-state index >= 15 is 0 Å². The monoisotopic (exact) mass is 219 g/mol. The van der Waals surface area contributed by atoms with Crippen molar-refractivity contribution in [2.75, 3.05) is 13.1 Å². The van der Waals surface area contributed by atoms with Crippen LogP contribution >= 0.6 is 0 Å². The van der Waals surface area contributed by atoms with Gasteiger partial charge in [0.05, 0.1) is 6.10 Å². The quantitative estimate of drug-likeness (QED) is 0.717. The number of benzene rings is 1. The Morgan fingerprint density at radius 2 is 1.94 bits per heavy atom. The minimum atomic E-state index is -0.0175. The Kier molecular flexibility index (Phi) is 4.37. The average molecular weight is 219 g/mol. The van der Waals surface area contributed by atoms with E-state index in [0.29, 0.717) is 5.92 Å². The molecule has 1 aromatic carbocycles. The van der Waals surface area contributed by atoms with Crippen molar-refractivity contribution in [3.8, 4) is 0 Å². The van der Waals surface area contributed by atoms with E-state index in [9.17, 15) is 0 Å². The van der Waals surface area contributed by atoms with Gasteiger partial charge in [0, 0.05) is 0 Å². The first kappa shape index (κ1) is 11.6. The third-order valence-electron chi connectivity index (χ3n) is 3.31. The maximum atomic E-state index is 9.14. The fourth-order valence-corrected chi connectivity index (χ4v) is 2.24. The molecule has 1 saturated carbocycles. The van der Waals surface area contributed by atoms with Gasteiger partial charge in [-0.2, -0.15) is 0 Å². The van der Waals surface area contributed by atoms with E-state index in [4.69, 9.17) is 5.11 Å². The van der Waals surface area contributed by atoms with Gasteiger partial charge in [0.25, 0.3) is 0 Å². The molecule has 0 heterocycles. The number of aliphatic hydroxyl groups excluding tert-OH is 1. The molecule has 1 aliphatic carbocycles. The van der Waals surface area contributed by atoms with Gasteiger partial charge in [-0.3, -0.25) is 0 Å². The number of rotatable bonds is 6. The van der Waals surface area contributed by atoms with E-state index in [1.54, 1.807) is 0 Å². The molecular weight excluding hydrogens is 198 g/mol. The average Bonchev–Trinajstić information content (AvgIpc) is 2.27. The molecule has 0 bridgehead atoms. The molecule has 1 aliphatic rings. The zero-order chi connectivity index (χ0) is 11.2. The molecule has 0 radical (unpaired) electrons. The van der Waals surface area contributed by atoms with E-state index in [2.05, 4.69) is 35.6 Å². The van der Waals surface area contributed by atoms with Crippen molar-refractivity contribution >= 4 is 0 Å². The molecule has 0 atom stereocenters. The summed E-state index contributed by atoms with van der Waals surface area (Å²) < 4.78 is 0. The van der Waals surface area contributed by atoms with Gasteiger partial charge < -0.3 is 10.4 Å². The minimum Gasteiger partial charge on any atom is -0.393 e.